The second-order valence-corrected chi connectivity index (χ2v) is 2.05. The van der Waals surface area contributed by atoms with E-state index in [-0.39, 0.29) is 11.8 Å². The largest absolute Gasteiger partial charge is 0.298 e. The third kappa shape index (κ3) is 1.61. The highest BCUT2D eigenvalue weighted by atomic mass is 19.3. The number of hydrogen-bond donors (Lipinski definition) is 0. The van der Waals surface area contributed by atoms with Crippen LogP contribution in [0.3, 0.4) is 0 Å². The molecule has 64 valence electrons. The number of nitrogens with zero attached hydrogens (tertiary/aromatic N) is 1. The third-order valence-corrected chi connectivity index (χ3v) is 1.30. The molecule has 0 amide bonds. The molecule has 0 atom stereocenters. The first-order valence-electron chi connectivity index (χ1n) is 3.04. The molecule has 0 saturated carbocycles. The molecule has 0 spiro atoms. The van der Waals surface area contributed by atoms with Crippen LogP contribution in [0.25, 0.3) is 0 Å². The van der Waals surface area contributed by atoms with E-state index in [9.17, 15) is 18.0 Å². The van der Waals surface area contributed by atoms with Crippen LogP contribution < -0.4 is 0 Å². The fourth-order valence-corrected chi connectivity index (χ4v) is 0.742. The van der Waals surface area contributed by atoms with E-state index in [0.29, 0.717) is 6.07 Å². The highest BCUT2D eigenvalue weighted by molar-refractivity contribution is 5.76. The van der Waals surface area contributed by atoms with Crippen molar-refractivity contribution in [2.24, 2.45) is 0 Å². The maximum absolute atomic E-state index is 12.3. The molecule has 0 radical (unpaired) electrons. The minimum absolute atomic E-state index is 0.216. The number of hydrogen-bond acceptors (Lipinski definition) is 2. The molecule has 2 nitrogen and oxygen atoms in total. The van der Waals surface area contributed by atoms with E-state index in [0.717, 1.165) is 6.20 Å². The van der Waals surface area contributed by atoms with Crippen LogP contribution in [0.2, 0.25) is 0 Å². The van der Waals surface area contributed by atoms with Gasteiger partial charge >= 0.3 is 0 Å². The van der Waals surface area contributed by atoms with Crippen LogP contribution in [0.5, 0.6) is 0 Å². The first kappa shape index (κ1) is 8.70. The Morgan fingerprint density at radius 3 is 2.67 bits per heavy atom. The highest BCUT2D eigenvalue weighted by Crippen LogP contribution is 2.21. The lowest BCUT2D eigenvalue weighted by Crippen LogP contribution is -1.96. The molecular weight excluding hydrogens is 171 g/mol. The number of aromatic nitrogens is 1. The topological polar surface area (TPSA) is 30.0 Å². The first-order chi connectivity index (χ1) is 5.65. The lowest BCUT2D eigenvalue weighted by molar-refractivity contribution is 0.110. The highest BCUT2D eigenvalue weighted by Gasteiger charge is 2.13. The molecule has 0 fully saturated rings. The van der Waals surface area contributed by atoms with Crippen molar-refractivity contribution in [1.82, 2.24) is 4.98 Å². The van der Waals surface area contributed by atoms with E-state index >= 15 is 0 Å². The van der Waals surface area contributed by atoms with Gasteiger partial charge < -0.3 is 0 Å². The molecule has 0 unspecified atom stereocenters. The lowest BCUT2D eigenvalue weighted by Gasteiger charge is -2.01. The first-order valence-corrected chi connectivity index (χ1v) is 3.04. The Hall–Kier alpha value is -1.39. The Morgan fingerprint density at radius 2 is 2.17 bits per heavy atom. The van der Waals surface area contributed by atoms with E-state index in [1.165, 1.54) is 0 Å². The fraction of sp³-hybridized carbons (Fsp3) is 0.143. The molecule has 0 aliphatic rings. The molecular formula is C7H4F3NO. The van der Waals surface area contributed by atoms with Gasteiger partial charge in [-0.25, -0.2) is 13.8 Å². The van der Waals surface area contributed by atoms with Gasteiger partial charge in [-0.15, -0.1) is 0 Å². The zero-order valence-corrected chi connectivity index (χ0v) is 5.80. The number of alkyl halides is 2. The van der Waals surface area contributed by atoms with Crippen molar-refractivity contribution >= 4 is 6.29 Å². The summed E-state index contributed by atoms with van der Waals surface area (Å²) in [6.07, 6.45) is -1.86. The number of rotatable bonds is 2. The molecule has 1 aromatic heterocycles. The second kappa shape index (κ2) is 3.34. The summed E-state index contributed by atoms with van der Waals surface area (Å²) in [5.74, 6) is -1.02. The Balaban J connectivity index is 3.21. The van der Waals surface area contributed by atoms with Crippen LogP contribution >= 0.6 is 0 Å². The van der Waals surface area contributed by atoms with E-state index in [1.54, 1.807) is 0 Å². The SMILES string of the molecule is O=Cc1cnc(F)cc1C(F)F. The molecule has 0 aromatic carbocycles. The monoisotopic (exact) mass is 175 g/mol. The number of halogens is 3. The molecule has 0 aliphatic heterocycles. The van der Waals surface area contributed by atoms with Gasteiger partial charge in [0.25, 0.3) is 6.43 Å². The molecule has 1 aromatic rings. The van der Waals surface area contributed by atoms with Gasteiger partial charge in [0, 0.05) is 23.4 Å². The van der Waals surface area contributed by atoms with Crippen molar-refractivity contribution in [3.63, 3.8) is 0 Å². The van der Waals surface area contributed by atoms with Crippen LogP contribution in [-0.2, 0) is 0 Å². The van der Waals surface area contributed by atoms with Crippen molar-refractivity contribution in [2.45, 2.75) is 6.43 Å². The van der Waals surface area contributed by atoms with Gasteiger partial charge in [0.1, 0.15) is 0 Å². The van der Waals surface area contributed by atoms with Gasteiger partial charge in [-0.3, -0.25) is 4.79 Å². The summed E-state index contributed by atoms with van der Waals surface area (Å²) in [7, 11) is 0. The molecule has 0 aliphatic carbocycles. The van der Waals surface area contributed by atoms with Crippen molar-refractivity contribution < 1.29 is 18.0 Å². The van der Waals surface area contributed by atoms with Crippen LogP contribution in [0.15, 0.2) is 12.3 Å². The van der Waals surface area contributed by atoms with Crippen molar-refractivity contribution in [2.75, 3.05) is 0 Å². The van der Waals surface area contributed by atoms with Crippen molar-refractivity contribution in [3.8, 4) is 0 Å². The van der Waals surface area contributed by atoms with Gasteiger partial charge in [-0.05, 0) is 0 Å². The Bertz CT molecular complexity index is 301. The van der Waals surface area contributed by atoms with Crippen LogP contribution in [-0.4, -0.2) is 11.3 Å². The van der Waals surface area contributed by atoms with Crippen LogP contribution in [0, 0.1) is 5.95 Å². The summed E-state index contributed by atoms with van der Waals surface area (Å²) in [6.45, 7) is 0. The van der Waals surface area contributed by atoms with Crippen molar-refractivity contribution in [3.05, 3.63) is 29.3 Å². The number of carbonyl (C=O) groups excluding carboxylic acids is 1. The molecule has 1 rings (SSSR count). The number of aldehydes is 1. The van der Waals surface area contributed by atoms with Crippen LogP contribution in [0.1, 0.15) is 22.3 Å². The second-order valence-electron chi connectivity index (χ2n) is 2.05. The van der Waals surface area contributed by atoms with Gasteiger partial charge in [0.2, 0.25) is 5.95 Å². The summed E-state index contributed by atoms with van der Waals surface area (Å²) in [5, 5.41) is 0. The summed E-state index contributed by atoms with van der Waals surface area (Å²) in [5.41, 5.74) is -0.913. The summed E-state index contributed by atoms with van der Waals surface area (Å²) >= 11 is 0. The smallest absolute Gasteiger partial charge is 0.264 e. The predicted octanol–water partition coefficient (Wildman–Crippen LogP) is 1.97. The van der Waals surface area contributed by atoms with Gasteiger partial charge in [-0.2, -0.15) is 4.39 Å². The van der Waals surface area contributed by atoms with E-state index in [4.69, 9.17) is 0 Å². The molecule has 1 heterocycles. The zero-order valence-electron chi connectivity index (χ0n) is 5.80. The Morgan fingerprint density at radius 1 is 1.50 bits per heavy atom. The lowest BCUT2D eigenvalue weighted by atomic mass is 10.1. The van der Waals surface area contributed by atoms with Gasteiger partial charge in [0.15, 0.2) is 6.29 Å². The zero-order chi connectivity index (χ0) is 9.14. The predicted molar refractivity (Wildman–Crippen MR) is 34.5 cm³/mol. The maximum atomic E-state index is 12.3. The van der Waals surface area contributed by atoms with E-state index in [1.807, 2.05) is 0 Å². The number of pyridine rings is 1. The summed E-state index contributed by atoms with van der Waals surface area (Å²) < 4.78 is 36.4. The molecule has 5 heteroatoms. The third-order valence-electron chi connectivity index (χ3n) is 1.30. The van der Waals surface area contributed by atoms with E-state index < -0.39 is 17.9 Å². The standard InChI is InChI=1S/C7H4F3NO/c8-6-1-5(7(9)10)4(3-12)2-11-6/h1-3,7H. The molecule has 0 bridgehead atoms. The molecule has 0 saturated heterocycles. The summed E-state index contributed by atoms with van der Waals surface area (Å²) in [6, 6.07) is 0.550. The maximum Gasteiger partial charge on any atom is 0.264 e. The Labute approximate surface area is 66.0 Å². The minimum Gasteiger partial charge on any atom is -0.298 e. The molecule has 12 heavy (non-hydrogen) atoms. The Kier molecular flexibility index (Phi) is 2.42. The summed E-state index contributed by atoms with van der Waals surface area (Å²) in [4.78, 5) is 13.2. The van der Waals surface area contributed by atoms with Crippen LogP contribution in [0.4, 0.5) is 13.2 Å². The quantitative estimate of drug-likeness (QED) is 0.508. The van der Waals surface area contributed by atoms with Crippen molar-refractivity contribution in [1.29, 1.82) is 0 Å². The molecule has 0 N–H and O–H groups in total. The normalized spacial score (nSPS) is 10.3. The van der Waals surface area contributed by atoms with E-state index in [2.05, 4.69) is 4.98 Å². The average Bonchev–Trinajstić information content (AvgIpc) is 2.04. The minimum atomic E-state index is -2.86. The van der Waals surface area contributed by atoms with Gasteiger partial charge in [-0.1, -0.05) is 0 Å². The average molecular weight is 175 g/mol. The number of carbonyl (C=O) groups is 1. The van der Waals surface area contributed by atoms with Gasteiger partial charge in [0.05, 0.1) is 0 Å². The fourth-order valence-electron chi connectivity index (χ4n) is 0.742.